The van der Waals surface area contributed by atoms with Crippen molar-refractivity contribution < 1.29 is 9.53 Å². The molecule has 0 bridgehead atoms. The van der Waals surface area contributed by atoms with Crippen molar-refractivity contribution in [3.05, 3.63) is 12.2 Å². The standard InChI is InChI=1S/C13H24N6O2.HI/c1-4-14-13(15-8-6-7-12(20)21-5-2)16-9-11-17-10-18-19(11)3;/h10H,4-9H2,1-3H3,(H2,14,15,16);1H. The summed E-state index contributed by atoms with van der Waals surface area (Å²) in [6.07, 6.45) is 2.61. The van der Waals surface area contributed by atoms with Crippen LogP contribution in [-0.4, -0.2) is 46.4 Å². The number of aryl methyl sites for hydroxylation is 1. The van der Waals surface area contributed by atoms with E-state index in [1.807, 2.05) is 14.0 Å². The molecule has 0 aliphatic carbocycles. The summed E-state index contributed by atoms with van der Waals surface area (Å²) < 4.78 is 6.56. The van der Waals surface area contributed by atoms with Crippen LogP contribution in [0.4, 0.5) is 0 Å². The summed E-state index contributed by atoms with van der Waals surface area (Å²) in [5.74, 6) is 1.32. The molecular formula is C13H25IN6O2. The molecular weight excluding hydrogens is 399 g/mol. The molecule has 0 spiro atoms. The Kier molecular flexibility index (Phi) is 11.4. The molecule has 0 radical (unpaired) electrons. The monoisotopic (exact) mass is 424 g/mol. The van der Waals surface area contributed by atoms with Crippen LogP contribution in [0.15, 0.2) is 11.3 Å². The van der Waals surface area contributed by atoms with E-state index in [9.17, 15) is 4.79 Å². The average Bonchev–Trinajstić information content (AvgIpc) is 2.86. The predicted octanol–water partition coefficient (Wildman–Crippen LogP) is 0.831. The van der Waals surface area contributed by atoms with Gasteiger partial charge in [0.05, 0.1) is 6.61 Å². The van der Waals surface area contributed by atoms with Gasteiger partial charge in [0.25, 0.3) is 0 Å². The van der Waals surface area contributed by atoms with E-state index in [1.165, 1.54) is 6.33 Å². The maximum atomic E-state index is 11.2. The quantitative estimate of drug-likeness (QED) is 0.211. The maximum absolute atomic E-state index is 11.2. The summed E-state index contributed by atoms with van der Waals surface area (Å²) in [6.45, 7) is 6.10. The van der Waals surface area contributed by atoms with Gasteiger partial charge in [-0.05, 0) is 20.3 Å². The normalized spacial score (nSPS) is 10.8. The Bertz CT molecular complexity index is 463. The van der Waals surface area contributed by atoms with E-state index in [0.717, 1.165) is 12.4 Å². The third-order valence-electron chi connectivity index (χ3n) is 2.68. The highest BCUT2D eigenvalue weighted by Crippen LogP contribution is 1.94. The van der Waals surface area contributed by atoms with Gasteiger partial charge < -0.3 is 15.4 Å². The molecule has 0 unspecified atom stereocenters. The second kappa shape index (κ2) is 12.2. The highest BCUT2D eigenvalue weighted by Gasteiger charge is 2.03. The van der Waals surface area contributed by atoms with Crippen molar-refractivity contribution in [2.24, 2.45) is 12.0 Å². The molecule has 126 valence electrons. The molecule has 0 aromatic carbocycles. The van der Waals surface area contributed by atoms with Crippen LogP contribution >= 0.6 is 24.0 Å². The minimum atomic E-state index is -0.166. The summed E-state index contributed by atoms with van der Waals surface area (Å²) >= 11 is 0. The van der Waals surface area contributed by atoms with Crippen LogP contribution in [0, 0.1) is 0 Å². The van der Waals surface area contributed by atoms with Gasteiger partial charge >= 0.3 is 5.97 Å². The van der Waals surface area contributed by atoms with Crippen molar-refractivity contribution in [2.45, 2.75) is 33.2 Å². The van der Waals surface area contributed by atoms with Gasteiger partial charge in [-0.25, -0.2) is 9.98 Å². The highest BCUT2D eigenvalue weighted by atomic mass is 127. The molecule has 2 N–H and O–H groups in total. The van der Waals surface area contributed by atoms with Gasteiger partial charge in [-0.15, -0.1) is 24.0 Å². The number of rotatable bonds is 8. The minimum absolute atomic E-state index is 0. The third-order valence-corrected chi connectivity index (χ3v) is 2.68. The van der Waals surface area contributed by atoms with E-state index < -0.39 is 0 Å². The summed E-state index contributed by atoms with van der Waals surface area (Å²) in [7, 11) is 1.83. The van der Waals surface area contributed by atoms with E-state index in [4.69, 9.17) is 4.74 Å². The number of ether oxygens (including phenoxy) is 1. The fraction of sp³-hybridized carbons (Fsp3) is 0.692. The Morgan fingerprint density at radius 1 is 1.41 bits per heavy atom. The molecule has 1 aromatic heterocycles. The molecule has 0 saturated heterocycles. The molecule has 0 saturated carbocycles. The van der Waals surface area contributed by atoms with Crippen LogP contribution in [0.3, 0.4) is 0 Å². The third kappa shape index (κ3) is 8.15. The number of nitrogens with zero attached hydrogens (tertiary/aromatic N) is 4. The first kappa shape index (κ1) is 20.6. The molecule has 0 aliphatic heterocycles. The topological polar surface area (TPSA) is 93.4 Å². The number of carbonyl (C=O) groups is 1. The van der Waals surface area contributed by atoms with Gasteiger partial charge in [-0.3, -0.25) is 9.48 Å². The zero-order valence-electron chi connectivity index (χ0n) is 13.3. The molecule has 1 heterocycles. The highest BCUT2D eigenvalue weighted by molar-refractivity contribution is 14.0. The number of hydrogen-bond acceptors (Lipinski definition) is 5. The van der Waals surface area contributed by atoms with Crippen molar-refractivity contribution >= 4 is 35.9 Å². The first-order chi connectivity index (χ1) is 10.2. The number of aliphatic imine (C=N–C) groups is 1. The fourth-order valence-corrected chi connectivity index (χ4v) is 1.63. The van der Waals surface area contributed by atoms with Crippen molar-refractivity contribution in [2.75, 3.05) is 19.7 Å². The van der Waals surface area contributed by atoms with Gasteiger partial charge in [0.1, 0.15) is 18.7 Å². The van der Waals surface area contributed by atoms with Gasteiger partial charge in [-0.1, -0.05) is 0 Å². The fourth-order valence-electron chi connectivity index (χ4n) is 1.63. The van der Waals surface area contributed by atoms with Gasteiger partial charge in [0.2, 0.25) is 0 Å². The van der Waals surface area contributed by atoms with Crippen LogP contribution in [0.2, 0.25) is 0 Å². The van der Waals surface area contributed by atoms with E-state index in [2.05, 4.69) is 25.7 Å². The molecule has 0 fully saturated rings. The maximum Gasteiger partial charge on any atom is 0.305 e. The van der Waals surface area contributed by atoms with Crippen molar-refractivity contribution in [3.8, 4) is 0 Å². The van der Waals surface area contributed by atoms with Crippen molar-refractivity contribution in [1.82, 2.24) is 25.4 Å². The SMILES string of the molecule is CCNC(=NCc1ncnn1C)NCCCC(=O)OCC.I. The first-order valence-corrected chi connectivity index (χ1v) is 7.18. The van der Waals surface area contributed by atoms with Crippen LogP contribution in [0.1, 0.15) is 32.5 Å². The Morgan fingerprint density at radius 2 is 2.18 bits per heavy atom. The minimum Gasteiger partial charge on any atom is -0.466 e. The number of nitrogens with one attached hydrogen (secondary N) is 2. The molecule has 8 nitrogen and oxygen atoms in total. The van der Waals surface area contributed by atoms with E-state index in [0.29, 0.717) is 38.5 Å². The van der Waals surface area contributed by atoms with Crippen molar-refractivity contribution in [3.63, 3.8) is 0 Å². The van der Waals surface area contributed by atoms with E-state index in [1.54, 1.807) is 11.6 Å². The number of guanidine groups is 1. The smallest absolute Gasteiger partial charge is 0.305 e. The summed E-state index contributed by atoms with van der Waals surface area (Å²) in [5, 5.41) is 10.3. The average molecular weight is 424 g/mol. The van der Waals surface area contributed by atoms with E-state index >= 15 is 0 Å². The van der Waals surface area contributed by atoms with Crippen LogP contribution in [0.5, 0.6) is 0 Å². The lowest BCUT2D eigenvalue weighted by atomic mass is 10.3. The zero-order chi connectivity index (χ0) is 15.5. The molecule has 22 heavy (non-hydrogen) atoms. The molecule has 9 heteroatoms. The Labute approximate surface area is 148 Å². The Morgan fingerprint density at radius 3 is 2.77 bits per heavy atom. The Hall–Kier alpha value is -1.39. The van der Waals surface area contributed by atoms with Crippen LogP contribution in [-0.2, 0) is 23.1 Å². The number of esters is 1. The number of hydrogen-bond donors (Lipinski definition) is 2. The predicted molar refractivity (Wildman–Crippen MR) is 95.1 cm³/mol. The lowest BCUT2D eigenvalue weighted by molar-refractivity contribution is -0.143. The largest absolute Gasteiger partial charge is 0.466 e. The van der Waals surface area contributed by atoms with Crippen LogP contribution in [0.25, 0.3) is 0 Å². The molecule has 0 aliphatic rings. The van der Waals surface area contributed by atoms with Crippen LogP contribution < -0.4 is 10.6 Å². The summed E-state index contributed by atoms with van der Waals surface area (Å²) in [4.78, 5) is 19.8. The molecule has 0 atom stereocenters. The summed E-state index contributed by atoms with van der Waals surface area (Å²) in [6, 6.07) is 0. The molecule has 1 rings (SSSR count). The summed E-state index contributed by atoms with van der Waals surface area (Å²) in [5.41, 5.74) is 0. The Balaban J connectivity index is 0.00000441. The second-order valence-corrected chi connectivity index (χ2v) is 4.33. The number of carbonyl (C=O) groups excluding carboxylic acids is 1. The van der Waals surface area contributed by atoms with Gasteiger partial charge in [0, 0.05) is 26.6 Å². The second-order valence-electron chi connectivity index (χ2n) is 4.33. The van der Waals surface area contributed by atoms with Gasteiger partial charge in [0.15, 0.2) is 5.96 Å². The van der Waals surface area contributed by atoms with Gasteiger partial charge in [-0.2, -0.15) is 5.10 Å². The zero-order valence-corrected chi connectivity index (χ0v) is 15.7. The first-order valence-electron chi connectivity index (χ1n) is 7.18. The number of aromatic nitrogens is 3. The molecule has 1 aromatic rings. The lowest BCUT2D eigenvalue weighted by Gasteiger charge is -2.10. The lowest BCUT2D eigenvalue weighted by Crippen LogP contribution is -2.38. The molecule has 0 amide bonds. The van der Waals surface area contributed by atoms with Crippen molar-refractivity contribution in [1.29, 1.82) is 0 Å². The number of halogens is 1. The van der Waals surface area contributed by atoms with E-state index in [-0.39, 0.29) is 29.9 Å².